The number of fused-ring (bicyclic) bond motifs is 3. The van der Waals surface area contributed by atoms with E-state index in [1.165, 1.54) is 12.8 Å². The van der Waals surface area contributed by atoms with Crippen LogP contribution in [0.25, 0.3) is 11.1 Å². The fraction of sp³-hybridized carbons (Fsp3) is 0.500. The van der Waals surface area contributed by atoms with Gasteiger partial charge in [-0.2, -0.15) is 0 Å². The zero-order chi connectivity index (χ0) is 22.9. The van der Waals surface area contributed by atoms with Crippen LogP contribution in [0.2, 0.25) is 0 Å². The Morgan fingerprint density at radius 2 is 1.79 bits per heavy atom. The summed E-state index contributed by atoms with van der Waals surface area (Å²) < 4.78 is 2.21. The number of halogens is 1. The Morgan fingerprint density at radius 1 is 1.06 bits per heavy atom. The van der Waals surface area contributed by atoms with Gasteiger partial charge in [0.1, 0.15) is 0 Å². The maximum absolute atomic E-state index is 12.7. The third-order valence-corrected chi connectivity index (χ3v) is 8.20. The monoisotopic (exact) mass is 464 g/mol. The van der Waals surface area contributed by atoms with Gasteiger partial charge < -0.3 is 4.57 Å². The lowest BCUT2D eigenvalue weighted by atomic mass is 9.85. The number of hydrogen-bond acceptors (Lipinski definition) is 3. The predicted octanol–water partition coefficient (Wildman–Crippen LogP) is 4.52. The topological polar surface area (TPSA) is 42.3 Å². The molecule has 2 atom stereocenters. The van der Waals surface area contributed by atoms with E-state index in [0.717, 1.165) is 71.9 Å². The highest BCUT2D eigenvalue weighted by molar-refractivity contribution is 6.45. The van der Waals surface area contributed by atoms with E-state index in [1.54, 1.807) is 6.92 Å². The third-order valence-electron chi connectivity index (χ3n) is 7.83. The van der Waals surface area contributed by atoms with Gasteiger partial charge in [-0.15, -0.1) is 0 Å². The third kappa shape index (κ3) is 4.61. The molecule has 2 unspecified atom stereocenters. The van der Waals surface area contributed by atoms with Crippen LogP contribution in [0.3, 0.4) is 0 Å². The maximum atomic E-state index is 12.7. The Hall–Kier alpha value is -2.17. The molecule has 4 nitrogen and oxygen atoms in total. The summed E-state index contributed by atoms with van der Waals surface area (Å²) in [6, 6.07) is 10.9. The molecule has 3 heterocycles. The molecule has 0 spiro atoms. The number of aryl methyl sites for hydroxylation is 1. The van der Waals surface area contributed by atoms with Crippen LogP contribution >= 0.6 is 11.6 Å². The molecule has 0 saturated carbocycles. The Labute approximate surface area is 200 Å². The molecule has 0 N–H and O–H groups in total. The Morgan fingerprint density at radius 3 is 2.48 bits per heavy atom. The number of carbonyl (C=O) groups excluding carboxylic acids is 2. The summed E-state index contributed by atoms with van der Waals surface area (Å²) in [4.78, 5) is 27.5. The number of ketones is 2. The number of rotatable bonds is 8. The lowest BCUT2D eigenvalue weighted by Gasteiger charge is -2.39. The highest BCUT2D eigenvalue weighted by Gasteiger charge is 2.40. The van der Waals surface area contributed by atoms with E-state index in [2.05, 4.69) is 15.5 Å². The summed E-state index contributed by atoms with van der Waals surface area (Å²) in [6.07, 6.45) is 12.4. The number of aromatic nitrogens is 1. The average molecular weight is 465 g/mol. The molecule has 1 aromatic heterocycles. The summed E-state index contributed by atoms with van der Waals surface area (Å²) in [5, 5.41) is 2.96. The van der Waals surface area contributed by atoms with E-state index < -0.39 is 0 Å². The largest absolute Gasteiger partial charge is 0.346 e. The fourth-order valence-electron chi connectivity index (χ4n) is 6.35. The van der Waals surface area contributed by atoms with Crippen molar-refractivity contribution in [2.75, 3.05) is 6.54 Å². The van der Waals surface area contributed by atoms with Crippen molar-refractivity contribution >= 4 is 34.3 Å². The highest BCUT2D eigenvalue weighted by atomic mass is 35.5. The molecule has 2 saturated heterocycles. The zero-order valence-corrected chi connectivity index (χ0v) is 20.2. The van der Waals surface area contributed by atoms with Crippen LogP contribution in [0.15, 0.2) is 36.5 Å². The first kappa shape index (κ1) is 22.6. The van der Waals surface area contributed by atoms with E-state index in [1.807, 2.05) is 36.5 Å². The van der Waals surface area contributed by atoms with Crippen LogP contribution in [-0.2, 0) is 6.54 Å². The van der Waals surface area contributed by atoms with E-state index >= 15 is 0 Å². The average Bonchev–Trinajstić information content (AvgIpc) is 3.29. The van der Waals surface area contributed by atoms with Crippen LogP contribution in [-0.4, -0.2) is 39.7 Å². The van der Waals surface area contributed by atoms with Crippen LogP contribution < -0.4 is 10.6 Å². The normalized spacial score (nSPS) is 24.4. The molecule has 174 valence electrons. The Balaban J connectivity index is 1.20. The maximum Gasteiger partial charge on any atom is 0.163 e. The van der Waals surface area contributed by atoms with Gasteiger partial charge in [-0.05, 0) is 57.8 Å². The molecule has 1 aliphatic carbocycles. The fourth-order valence-corrected chi connectivity index (χ4v) is 6.67. The molecule has 0 radical (unpaired) electrons. The number of carbonyl (C=O) groups is 2. The molecule has 2 aromatic rings. The van der Waals surface area contributed by atoms with Crippen LogP contribution in [0.4, 0.5) is 0 Å². The molecule has 33 heavy (non-hydrogen) atoms. The van der Waals surface area contributed by atoms with Gasteiger partial charge in [0.15, 0.2) is 11.6 Å². The minimum absolute atomic E-state index is 0.109. The summed E-state index contributed by atoms with van der Waals surface area (Å²) >= 11 is 6.58. The minimum Gasteiger partial charge on any atom is -0.346 e. The van der Waals surface area contributed by atoms with Crippen LogP contribution in [0, 0.1) is 5.92 Å². The van der Waals surface area contributed by atoms with Crippen molar-refractivity contribution < 1.29 is 9.59 Å². The first-order chi connectivity index (χ1) is 16.0. The van der Waals surface area contributed by atoms with Crippen molar-refractivity contribution in [3.63, 3.8) is 0 Å². The van der Waals surface area contributed by atoms with Crippen molar-refractivity contribution in [2.45, 2.75) is 76.9 Å². The van der Waals surface area contributed by atoms with Gasteiger partial charge in [-0.3, -0.25) is 14.5 Å². The van der Waals surface area contributed by atoms with Gasteiger partial charge in [0, 0.05) is 59.2 Å². The quantitative estimate of drug-likeness (QED) is 0.539. The molecule has 5 rings (SSSR count). The number of piperidine rings is 1. The number of Topliss-reactive ketones (excluding diaryl/α,β-unsaturated/α-hetero) is 2. The molecular weight excluding hydrogens is 432 g/mol. The van der Waals surface area contributed by atoms with Crippen molar-refractivity contribution in [1.29, 1.82) is 0 Å². The van der Waals surface area contributed by atoms with Crippen LogP contribution in [0.1, 0.15) is 79.0 Å². The predicted molar refractivity (Wildman–Crippen MR) is 133 cm³/mol. The first-order valence-electron chi connectivity index (χ1n) is 12.4. The smallest absolute Gasteiger partial charge is 0.163 e. The molecule has 2 bridgehead atoms. The molecule has 3 aliphatic rings. The summed E-state index contributed by atoms with van der Waals surface area (Å²) in [7, 11) is 0. The highest BCUT2D eigenvalue weighted by Crippen LogP contribution is 2.40. The lowest BCUT2D eigenvalue weighted by Crippen LogP contribution is -2.44. The summed E-state index contributed by atoms with van der Waals surface area (Å²) in [5.41, 5.74) is 1.65. The second kappa shape index (κ2) is 9.60. The van der Waals surface area contributed by atoms with Crippen molar-refractivity contribution in [1.82, 2.24) is 9.47 Å². The Kier molecular flexibility index (Phi) is 6.58. The zero-order valence-electron chi connectivity index (χ0n) is 19.4. The van der Waals surface area contributed by atoms with E-state index in [-0.39, 0.29) is 11.6 Å². The molecular formula is C28H33ClN2O2. The summed E-state index contributed by atoms with van der Waals surface area (Å²) in [5.74, 6) is 0.903. The molecule has 5 heteroatoms. The van der Waals surface area contributed by atoms with E-state index in [9.17, 15) is 9.59 Å². The first-order valence-corrected chi connectivity index (χ1v) is 12.8. The summed E-state index contributed by atoms with van der Waals surface area (Å²) in [6.45, 7) is 3.59. The molecule has 0 amide bonds. The van der Waals surface area contributed by atoms with E-state index in [0.29, 0.717) is 24.4 Å². The van der Waals surface area contributed by atoms with Gasteiger partial charge in [-0.1, -0.05) is 48.0 Å². The minimum atomic E-state index is 0.109. The SMILES string of the molecule is CC(=O)c1cn(CCCN2C3CCC2CC(CC(=O)c2ccccc2)C3)c2c1=CCCC=2Cl. The second-order valence-corrected chi connectivity index (χ2v) is 10.5. The van der Waals surface area contributed by atoms with Crippen LogP contribution in [0.5, 0.6) is 0 Å². The van der Waals surface area contributed by atoms with Gasteiger partial charge >= 0.3 is 0 Å². The standard InChI is InChI=1S/C28H33ClN2O2/c1-19(32)25-18-30(28-24(25)9-5-10-26(28)29)13-6-14-31-22-11-12-23(31)16-20(15-22)17-27(33)21-7-3-2-4-8-21/h2-4,7-9,18,20,22-23H,5-6,10-17H2,1H3. The molecule has 2 fully saturated rings. The van der Waals surface area contributed by atoms with Crippen molar-refractivity contribution in [2.24, 2.45) is 5.92 Å². The van der Waals surface area contributed by atoms with Crippen molar-refractivity contribution in [3.05, 3.63) is 58.2 Å². The molecule has 1 aromatic carbocycles. The van der Waals surface area contributed by atoms with Gasteiger partial charge in [-0.25, -0.2) is 0 Å². The molecule has 2 aliphatic heterocycles. The Bertz CT molecular complexity index is 1150. The van der Waals surface area contributed by atoms with Gasteiger partial charge in [0.05, 0.1) is 5.35 Å². The number of hydrogen-bond donors (Lipinski definition) is 0. The van der Waals surface area contributed by atoms with Gasteiger partial charge in [0.25, 0.3) is 0 Å². The number of benzene rings is 1. The lowest BCUT2D eigenvalue weighted by molar-refractivity contribution is 0.0806. The van der Waals surface area contributed by atoms with Crippen molar-refractivity contribution in [3.8, 4) is 0 Å². The van der Waals surface area contributed by atoms with E-state index in [4.69, 9.17) is 11.6 Å². The number of nitrogens with zero attached hydrogens (tertiary/aromatic N) is 2. The van der Waals surface area contributed by atoms with Gasteiger partial charge in [0.2, 0.25) is 0 Å². The second-order valence-electron chi connectivity index (χ2n) is 10.0.